The molecule has 8 nitrogen and oxygen atoms in total. The zero-order chi connectivity index (χ0) is 19.0. The molecule has 1 aromatic carbocycles. The molecule has 2 N–H and O–H groups in total. The maximum Gasteiger partial charge on any atom is 0.278 e. The number of benzene rings is 1. The van der Waals surface area contributed by atoms with Gasteiger partial charge >= 0.3 is 0 Å². The first-order valence-electron chi connectivity index (χ1n) is 8.28. The number of carbonyl (C=O) groups excluding carboxylic acids is 2. The molecular formula is C19H16N4O4. The number of hydrogen-bond donors (Lipinski definition) is 2. The molecule has 0 unspecified atom stereocenters. The Morgan fingerprint density at radius 3 is 2.74 bits per heavy atom. The quantitative estimate of drug-likeness (QED) is 0.739. The van der Waals surface area contributed by atoms with Crippen molar-refractivity contribution >= 4 is 23.3 Å². The number of fused-ring (bicyclic) bond motifs is 3. The highest BCUT2D eigenvalue weighted by Crippen LogP contribution is 2.39. The highest BCUT2D eigenvalue weighted by molar-refractivity contribution is 6.04. The van der Waals surface area contributed by atoms with E-state index in [1.165, 1.54) is 13.1 Å². The lowest BCUT2D eigenvalue weighted by atomic mass is 10.0. The Morgan fingerprint density at radius 1 is 1.15 bits per heavy atom. The Kier molecular flexibility index (Phi) is 4.08. The summed E-state index contributed by atoms with van der Waals surface area (Å²) in [6, 6.07) is 8.99. The van der Waals surface area contributed by atoms with E-state index in [2.05, 4.69) is 20.8 Å². The maximum atomic E-state index is 12.6. The fourth-order valence-corrected chi connectivity index (χ4v) is 2.84. The predicted molar refractivity (Wildman–Crippen MR) is 97.5 cm³/mol. The molecule has 0 fully saturated rings. The zero-order valence-corrected chi connectivity index (χ0v) is 14.7. The molecule has 0 radical (unpaired) electrons. The number of rotatable bonds is 3. The fourth-order valence-electron chi connectivity index (χ4n) is 2.84. The molecule has 1 aliphatic heterocycles. The Balaban J connectivity index is 1.57. The van der Waals surface area contributed by atoms with Gasteiger partial charge in [-0.05, 0) is 31.2 Å². The Hall–Kier alpha value is -3.68. The third kappa shape index (κ3) is 3.24. The summed E-state index contributed by atoms with van der Waals surface area (Å²) in [5.41, 5.74) is 3.08. The molecule has 136 valence electrons. The van der Waals surface area contributed by atoms with Crippen LogP contribution in [0.3, 0.4) is 0 Å². The Labute approximate surface area is 154 Å². The molecule has 8 heteroatoms. The van der Waals surface area contributed by atoms with Crippen molar-refractivity contribution in [3.05, 3.63) is 53.3 Å². The van der Waals surface area contributed by atoms with Gasteiger partial charge in [-0.1, -0.05) is 16.8 Å². The minimum Gasteiger partial charge on any atom is -0.488 e. The van der Waals surface area contributed by atoms with E-state index in [0.29, 0.717) is 28.6 Å². The normalized spacial score (nSPS) is 11.8. The summed E-state index contributed by atoms with van der Waals surface area (Å²) in [5.74, 6) is 1.01. The number of amides is 2. The van der Waals surface area contributed by atoms with Gasteiger partial charge in [0.25, 0.3) is 5.91 Å². The lowest BCUT2D eigenvalue weighted by Crippen LogP contribution is -2.16. The average Bonchev–Trinajstić information content (AvgIpc) is 3.07. The largest absolute Gasteiger partial charge is 0.488 e. The Morgan fingerprint density at radius 2 is 2.00 bits per heavy atom. The van der Waals surface area contributed by atoms with Crippen LogP contribution in [-0.4, -0.2) is 22.0 Å². The number of aromatic nitrogens is 2. The van der Waals surface area contributed by atoms with Crippen LogP contribution in [0.1, 0.15) is 28.5 Å². The number of anilines is 2. The summed E-state index contributed by atoms with van der Waals surface area (Å²) in [5, 5.41) is 9.21. The number of nitrogens with zero attached hydrogens (tertiary/aromatic N) is 2. The number of carbonyl (C=O) groups is 2. The second-order valence-corrected chi connectivity index (χ2v) is 6.19. The maximum absolute atomic E-state index is 12.6. The Bertz CT molecular complexity index is 1040. The van der Waals surface area contributed by atoms with Gasteiger partial charge in [0.15, 0.2) is 11.5 Å². The van der Waals surface area contributed by atoms with Gasteiger partial charge in [0.05, 0.1) is 23.0 Å². The molecule has 0 saturated carbocycles. The van der Waals surface area contributed by atoms with E-state index in [-0.39, 0.29) is 18.2 Å². The molecule has 3 heterocycles. The van der Waals surface area contributed by atoms with Gasteiger partial charge in [-0.2, -0.15) is 0 Å². The number of pyridine rings is 1. The van der Waals surface area contributed by atoms with Gasteiger partial charge in [0.1, 0.15) is 18.2 Å². The zero-order valence-electron chi connectivity index (χ0n) is 14.7. The van der Waals surface area contributed by atoms with Crippen molar-refractivity contribution < 1.29 is 18.8 Å². The molecule has 0 bridgehead atoms. The van der Waals surface area contributed by atoms with Crippen LogP contribution in [0, 0.1) is 6.92 Å². The van der Waals surface area contributed by atoms with Gasteiger partial charge in [-0.15, -0.1) is 0 Å². The highest BCUT2D eigenvalue weighted by atomic mass is 16.5. The first-order valence-corrected chi connectivity index (χ1v) is 8.28. The number of ether oxygens (including phenoxy) is 1. The van der Waals surface area contributed by atoms with Crippen LogP contribution < -0.4 is 15.4 Å². The first-order chi connectivity index (χ1) is 13.0. The van der Waals surface area contributed by atoms with E-state index in [0.717, 1.165) is 11.1 Å². The van der Waals surface area contributed by atoms with Crippen molar-refractivity contribution in [2.24, 2.45) is 0 Å². The predicted octanol–water partition coefficient (Wildman–Crippen LogP) is 3.15. The van der Waals surface area contributed by atoms with E-state index in [9.17, 15) is 9.59 Å². The molecule has 27 heavy (non-hydrogen) atoms. The summed E-state index contributed by atoms with van der Waals surface area (Å²) >= 11 is 0. The molecule has 0 aliphatic carbocycles. The van der Waals surface area contributed by atoms with Gasteiger partial charge in [0, 0.05) is 6.92 Å². The lowest BCUT2D eigenvalue weighted by molar-refractivity contribution is -0.114. The topological polar surface area (TPSA) is 106 Å². The molecule has 2 aromatic heterocycles. The SMILES string of the molecule is CC(=O)Nc1ccc(NC(=O)c2noc3c2COc2ccc(C)cc2-3)cn1. The van der Waals surface area contributed by atoms with Crippen molar-refractivity contribution in [1.29, 1.82) is 0 Å². The van der Waals surface area contributed by atoms with Crippen LogP contribution in [0.4, 0.5) is 11.5 Å². The van der Waals surface area contributed by atoms with Crippen molar-refractivity contribution in [3.63, 3.8) is 0 Å². The van der Waals surface area contributed by atoms with Crippen molar-refractivity contribution in [1.82, 2.24) is 10.1 Å². The number of aryl methyl sites for hydroxylation is 1. The van der Waals surface area contributed by atoms with Crippen molar-refractivity contribution in [2.75, 3.05) is 10.6 Å². The lowest BCUT2D eigenvalue weighted by Gasteiger charge is -2.16. The molecule has 0 spiro atoms. The molecule has 4 rings (SSSR count). The molecule has 1 aliphatic rings. The van der Waals surface area contributed by atoms with E-state index in [1.54, 1.807) is 12.1 Å². The average molecular weight is 364 g/mol. The smallest absolute Gasteiger partial charge is 0.278 e. The molecular weight excluding hydrogens is 348 g/mol. The molecule has 3 aromatic rings. The van der Waals surface area contributed by atoms with Gasteiger partial charge < -0.3 is 19.9 Å². The van der Waals surface area contributed by atoms with Crippen LogP contribution in [0.2, 0.25) is 0 Å². The van der Waals surface area contributed by atoms with Gasteiger partial charge in [-0.25, -0.2) is 4.98 Å². The van der Waals surface area contributed by atoms with Crippen LogP contribution in [0.15, 0.2) is 41.1 Å². The number of nitrogens with one attached hydrogen (secondary N) is 2. The summed E-state index contributed by atoms with van der Waals surface area (Å²) in [6.45, 7) is 3.57. The second kappa shape index (κ2) is 6.56. The standard InChI is InChI=1S/C19H16N4O4/c1-10-3-5-15-13(7-10)18-14(9-26-15)17(23-27-18)19(25)22-12-4-6-16(20-8-12)21-11(2)24/h3-8H,9H2,1-2H3,(H,22,25)(H,20,21,24). The first kappa shape index (κ1) is 16.8. The van der Waals surface area contributed by atoms with Gasteiger partial charge in [-0.3, -0.25) is 9.59 Å². The monoisotopic (exact) mass is 364 g/mol. The van der Waals surface area contributed by atoms with Crippen LogP contribution in [-0.2, 0) is 11.4 Å². The summed E-state index contributed by atoms with van der Waals surface area (Å²) in [4.78, 5) is 27.7. The third-order valence-corrected chi connectivity index (χ3v) is 4.08. The van der Waals surface area contributed by atoms with E-state index >= 15 is 0 Å². The van der Waals surface area contributed by atoms with Crippen LogP contribution in [0.25, 0.3) is 11.3 Å². The summed E-state index contributed by atoms with van der Waals surface area (Å²) < 4.78 is 11.2. The fraction of sp³-hybridized carbons (Fsp3) is 0.158. The highest BCUT2D eigenvalue weighted by Gasteiger charge is 2.29. The molecule has 0 atom stereocenters. The van der Waals surface area contributed by atoms with Crippen LogP contribution in [0.5, 0.6) is 5.75 Å². The van der Waals surface area contributed by atoms with E-state index in [1.807, 2.05) is 25.1 Å². The molecule has 0 saturated heterocycles. The molecule has 2 amide bonds. The van der Waals surface area contributed by atoms with Crippen LogP contribution >= 0.6 is 0 Å². The third-order valence-electron chi connectivity index (χ3n) is 4.08. The van der Waals surface area contributed by atoms with Crippen molar-refractivity contribution in [2.45, 2.75) is 20.5 Å². The van der Waals surface area contributed by atoms with Crippen molar-refractivity contribution in [3.8, 4) is 17.1 Å². The minimum absolute atomic E-state index is 0.170. The number of hydrogen-bond acceptors (Lipinski definition) is 6. The van der Waals surface area contributed by atoms with E-state index < -0.39 is 5.91 Å². The summed E-state index contributed by atoms with van der Waals surface area (Å²) in [7, 11) is 0. The van der Waals surface area contributed by atoms with Gasteiger partial charge in [0.2, 0.25) is 5.91 Å². The minimum atomic E-state index is -0.422. The second-order valence-electron chi connectivity index (χ2n) is 6.19. The summed E-state index contributed by atoms with van der Waals surface area (Å²) in [6.07, 6.45) is 1.45. The van der Waals surface area contributed by atoms with E-state index in [4.69, 9.17) is 9.26 Å².